The molecule has 0 spiro atoms. The van der Waals surface area contributed by atoms with Gasteiger partial charge in [0.25, 0.3) is 0 Å². The molecule has 1 saturated carbocycles. The van der Waals surface area contributed by atoms with Gasteiger partial charge in [0.05, 0.1) is 4.90 Å². The van der Waals surface area contributed by atoms with E-state index in [-0.39, 0.29) is 23.2 Å². The van der Waals surface area contributed by atoms with Gasteiger partial charge in [-0.25, -0.2) is 13.1 Å². The molecule has 2 rings (SSSR count). The van der Waals surface area contributed by atoms with Gasteiger partial charge in [-0.05, 0) is 50.1 Å². The number of rotatable bonds is 8. The molecule has 1 fully saturated rings. The van der Waals surface area contributed by atoms with E-state index in [0.717, 1.165) is 12.8 Å². The summed E-state index contributed by atoms with van der Waals surface area (Å²) in [6.07, 6.45) is 2.57. The highest BCUT2D eigenvalue weighted by molar-refractivity contribution is 7.89. The number of amides is 1. The van der Waals surface area contributed by atoms with Crippen LogP contribution in [0.4, 0.5) is 5.69 Å². The average Bonchev–Trinajstić information content (AvgIpc) is 3.28. The summed E-state index contributed by atoms with van der Waals surface area (Å²) in [5, 5.41) is 5.61. The molecule has 0 bridgehead atoms. The molecule has 0 aromatic heterocycles. The van der Waals surface area contributed by atoms with Crippen molar-refractivity contribution in [2.24, 2.45) is 5.92 Å². The minimum absolute atomic E-state index is 0. The molecule has 0 radical (unpaired) electrons. The molecule has 0 aliphatic heterocycles. The van der Waals surface area contributed by atoms with Crippen molar-refractivity contribution in [2.45, 2.75) is 24.2 Å². The molecule has 0 unspecified atom stereocenters. The highest BCUT2D eigenvalue weighted by Crippen LogP contribution is 2.28. The second-order valence-corrected chi connectivity index (χ2v) is 6.99. The largest absolute Gasteiger partial charge is 0.326 e. The van der Waals surface area contributed by atoms with Crippen LogP contribution in [-0.2, 0) is 14.8 Å². The van der Waals surface area contributed by atoms with Crippen molar-refractivity contribution >= 4 is 34.0 Å². The maximum absolute atomic E-state index is 12.0. The van der Waals surface area contributed by atoms with Crippen LogP contribution in [0.3, 0.4) is 0 Å². The van der Waals surface area contributed by atoms with Crippen LogP contribution in [0.2, 0.25) is 0 Å². The lowest BCUT2D eigenvalue weighted by Gasteiger charge is -2.08. The lowest BCUT2D eigenvalue weighted by atomic mass is 10.3. The third-order valence-corrected chi connectivity index (χ3v) is 4.75. The first-order valence-corrected chi connectivity index (χ1v) is 8.54. The third kappa shape index (κ3) is 5.92. The molecule has 22 heavy (non-hydrogen) atoms. The minimum Gasteiger partial charge on any atom is -0.326 e. The second kappa shape index (κ2) is 8.47. The number of hydrogen-bond donors (Lipinski definition) is 3. The topological polar surface area (TPSA) is 87.3 Å². The Bertz CT molecular complexity index is 586. The maximum atomic E-state index is 12.0. The zero-order valence-corrected chi connectivity index (χ0v) is 14.1. The quantitative estimate of drug-likeness (QED) is 0.662. The summed E-state index contributed by atoms with van der Waals surface area (Å²) in [6.45, 7) is 1.11. The Hall–Kier alpha value is -1.15. The van der Waals surface area contributed by atoms with Gasteiger partial charge in [0.2, 0.25) is 15.9 Å². The molecule has 1 aliphatic rings. The van der Waals surface area contributed by atoms with Crippen molar-refractivity contribution in [3.63, 3.8) is 0 Å². The highest BCUT2D eigenvalue weighted by Gasteiger charge is 2.24. The molecule has 3 N–H and O–H groups in total. The van der Waals surface area contributed by atoms with Crippen LogP contribution in [0.1, 0.15) is 19.3 Å². The summed E-state index contributed by atoms with van der Waals surface area (Å²) in [6, 6.07) is 6.21. The van der Waals surface area contributed by atoms with Crippen LogP contribution in [0.25, 0.3) is 0 Å². The molecule has 0 heterocycles. The summed E-state index contributed by atoms with van der Waals surface area (Å²) >= 11 is 0. The molecular weight excluding hydrogens is 326 g/mol. The molecule has 1 aliphatic carbocycles. The van der Waals surface area contributed by atoms with E-state index < -0.39 is 10.0 Å². The molecule has 0 saturated heterocycles. The van der Waals surface area contributed by atoms with Crippen molar-refractivity contribution in [3.05, 3.63) is 24.3 Å². The van der Waals surface area contributed by atoms with Gasteiger partial charge >= 0.3 is 0 Å². The minimum atomic E-state index is -3.45. The highest BCUT2D eigenvalue weighted by atomic mass is 35.5. The van der Waals surface area contributed by atoms with Gasteiger partial charge < -0.3 is 10.6 Å². The molecule has 1 aromatic carbocycles. The molecule has 8 heteroatoms. The number of nitrogens with one attached hydrogen (secondary N) is 3. The number of hydrogen-bond acceptors (Lipinski definition) is 4. The lowest BCUT2D eigenvalue weighted by molar-refractivity contribution is -0.116. The van der Waals surface area contributed by atoms with Gasteiger partial charge in [0.1, 0.15) is 0 Å². The second-order valence-electron chi connectivity index (χ2n) is 5.22. The van der Waals surface area contributed by atoms with Crippen LogP contribution >= 0.6 is 12.4 Å². The van der Waals surface area contributed by atoms with Crippen LogP contribution in [-0.4, -0.2) is 34.5 Å². The number of benzene rings is 1. The van der Waals surface area contributed by atoms with E-state index in [1.807, 2.05) is 0 Å². The first-order chi connectivity index (χ1) is 10.0. The summed E-state index contributed by atoms with van der Waals surface area (Å²) < 4.78 is 26.7. The zero-order chi connectivity index (χ0) is 15.3. The van der Waals surface area contributed by atoms with Gasteiger partial charge in [0, 0.05) is 25.2 Å². The number of carbonyl (C=O) groups is 1. The average molecular weight is 348 g/mol. The first-order valence-electron chi connectivity index (χ1n) is 7.05. The molecule has 124 valence electrons. The van der Waals surface area contributed by atoms with Crippen molar-refractivity contribution in [1.82, 2.24) is 10.0 Å². The Morgan fingerprint density at radius 2 is 1.86 bits per heavy atom. The summed E-state index contributed by atoms with van der Waals surface area (Å²) in [7, 11) is -1.67. The fourth-order valence-electron chi connectivity index (χ4n) is 1.81. The van der Waals surface area contributed by atoms with Crippen molar-refractivity contribution in [2.75, 3.05) is 25.5 Å². The van der Waals surface area contributed by atoms with E-state index in [1.165, 1.54) is 12.1 Å². The molecule has 1 amide bonds. The van der Waals surface area contributed by atoms with E-state index in [2.05, 4.69) is 15.4 Å². The van der Waals surface area contributed by atoms with Crippen molar-refractivity contribution < 1.29 is 13.2 Å². The fraction of sp³-hybridized carbons (Fsp3) is 0.500. The Kier molecular flexibility index (Phi) is 7.28. The lowest BCUT2D eigenvalue weighted by Crippen LogP contribution is -2.25. The number of anilines is 1. The summed E-state index contributed by atoms with van der Waals surface area (Å²) in [5.74, 6) is 0.386. The van der Waals surface area contributed by atoms with Crippen LogP contribution in [0.5, 0.6) is 0 Å². The maximum Gasteiger partial charge on any atom is 0.240 e. The predicted octanol–water partition coefficient (Wildman–Crippen LogP) is 1.34. The Morgan fingerprint density at radius 1 is 1.23 bits per heavy atom. The van der Waals surface area contributed by atoms with Crippen LogP contribution in [0, 0.1) is 5.92 Å². The van der Waals surface area contributed by atoms with Crippen molar-refractivity contribution in [1.29, 1.82) is 0 Å². The van der Waals surface area contributed by atoms with Gasteiger partial charge in [-0.15, -0.1) is 12.4 Å². The molecule has 6 nitrogen and oxygen atoms in total. The monoisotopic (exact) mass is 347 g/mol. The number of halogens is 1. The van der Waals surface area contributed by atoms with Crippen LogP contribution in [0.15, 0.2) is 29.2 Å². The molecule has 1 aromatic rings. The SMILES string of the molecule is CNCCC(=O)Nc1ccc(S(=O)(=O)NCC2CC2)cc1.Cl. The molecule has 0 atom stereocenters. The Balaban J connectivity index is 0.00000242. The molecular formula is C14H22ClN3O3S. The smallest absolute Gasteiger partial charge is 0.240 e. The Labute approximate surface area is 137 Å². The Morgan fingerprint density at radius 3 is 2.41 bits per heavy atom. The zero-order valence-electron chi connectivity index (χ0n) is 12.5. The standard InChI is InChI=1S/C14H21N3O3S.ClH/c1-15-9-8-14(18)17-12-4-6-13(7-5-12)21(19,20)16-10-11-2-3-11;/h4-7,11,15-16H,2-3,8-10H2,1H3,(H,17,18);1H. The van der Waals surface area contributed by atoms with E-state index in [4.69, 9.17) is 0 Å². The van der Waals surface area contributed by atoms with Gasteiger partial charge in [-0.1, -0.05) is 0 Å². The van der Waals surface area contributed by atoms with Crippen molar-refractivity contribution in [3.8, 4) is 0 Å². The summed E-state index contributed by atoms with van der Waals surface area (Å²) in [5.41, 5.74) is 0.595. The van der Waals surface area contributed by atoms with Gasteiger partial charge in [0.15, 0.2) is 0 Å². The summed E-state index contributed by atoms with van der Waals surface area (Å²) in [4.78, 5) is 11.8. The van der Waals surface area contributed by atoms with E-state index >= 15 is 0 Å². The third-order valence-electron chi connectivity index (χ3n) is 3.31. The number of carbonyl (C=O) groups excluding carboxylic acids is 1. The van der Waals surface area contributed by atoms with Gasteiger partial charge in [-0.2, -0.15) is 0 Å². The number of sulfonamides is 1. The van der Waals surface area contributed by atoms with Gasteiger partial charge in [-0.3, -0.25) is 4.79 Å². The fourth-order valence-corrected chi connectivity index (χ4v) is 2.93. The van der Waals surface area contributed by atoms with E-state index in [1.54, 1.807) is 19.2 Å². The predicted molar refractivity (Wildman–Crippen MR) is 88.8 cm³/mol. The first kappa shape index (κ1) is 18.9. The van der Waals surface area contributed by atoms with E-state index in [0.29, 0.717) is 31.1 Å². The van der Waals surface area contributed by atoms with Crippen LogP contribution < -0.4 is 15.4 Å². The normalized spacial score (nSPS) is 14.2. The van der Waals surface area contributed by atoms with E-state index in [9.17, 15) is 13.2 Å².